The highest BCUT2D eigenvalue weighted by Crippen LogP contribution is 2.18. The molecule has 21 heavy (non-hydrogen) atoms. The number of benzene rings is 1. The smallest absolute Gasteiger partial charge is 0.242 e. The van der Waals surface area contributed by atoms with Gasteiger partial charge in [-0.1, -0.05) is 13.0 Å². The van der Waals surface area contributed by atoms with Gasteiger partial charge in [0.2, 0.25) is 15.9 Å². The van der Waals surface area contributed by atoms with Gasteiger partial charge in [0.25, 0.3) is 0 Å². The van der Waals surface area contributed by atoms with Crippen LogP contribution in [-0.2, 0) is 14.8 Å². The molecule has 0 bridgehead atoms. The van der Waals surface area contributed by atoms with Crippen LogP contribution in [0.15, 0.2) is 29.2 Å². The molecule has 7 heteroatoms. The number of hydrogen-bond donors (Lipinski definition) is 2. The average Bonchev–Trinajstić information content (AvgIpc) is 2.38. The van der Waals surface area contributed by atoms with E-state index in [0.717, 1.165) is 10.8 Å². The molecule has 0 fully saturated rings. The number of carbonyl (C=O) groups is 1. The van der Waals surface area contributed by atoms with E-state index in [9.17, 15) is 13.2 Å². The first-order chi connectivity index (χ1) is 9.77. The van der Waals surface area contributed by atoms with Gasteiger partial charge < -0.3 is 10.6 Å². The monoisotopic (exact) mass is 313 g/mol. The Bertz CT molecular complexity index is 585. The Balaban J connectivity index is 2.80. The highest BCUT2D eigenvalue weighted by molar-refractivity contribution is 7.89. The number of amides is 1. The molecule has 0 aliphatic heterocycles. The normalized spacial score (nSPS) is 13.2. The van der Waals surface area contributed by atoms with Gasteiger partial charge in [0.15, 0.2) is 0 Å². The van der Waals surface area contributed by atoms with Crippen LogP contribution in [0.1, 0.15) is 20.3 Å². The van der Waals surface area contributed by atoms with Crippen molar-refractivity contribution >= 4 is 21.6 Å². The molecule has 0 heterocycles. The van der Waals surface area contributed by atoms with Gasteiger partial charge in [0, 0.05) is 32.2 Å². The van der Waals surface area contributed by atoms with Crippen LogP contribution in [0, 0.1) is 0 Å². The van der Waals surface area contributed by atoms with Gasteiger partial charge in [0.1, 0.15) is 0 Å². The average molecular weight is 313 g/mol. The Morgan fingerprint density at radius 3 is 2.57 bits per heavy atom. The number of sulfonamides is 1. The maximum atomic E-state index is 12.0. The Morgan fingerprint density at radius 1 is 1.33 bits per heavy atom. The second-order valence-electron chi connectivity index (χ2n) is 5.03. The Hall–Kier alpha value is -1.44. The van der Waals surface area contributed by atoms with Gasteiger partial charge in [-0.3, -0.25) is 4.79 Å². The van der Waals surface area contributed by atoms with E-state index in [0.29, 0.717) is 12.1 Å². The molecule has 0 aliphatic carbocycles. The molecule has 1 atom stereocenters. The Morgan fingerprint density at radius 2 is 2.00 bits per heavy atom. The van der Waals surface area contributed by atoms with Crippen molar-refractivity contribution in [3.8, 4) is 0 Å². The van der Waals surface area contributed by atoms with Crippen LogP contribution in [0.25, 0.3) is 0 Å². The standard InChI is InChI=1S/C14H23N3O3S/c1-5-15-11(2)9-14(18)16-12-7-6-8-13(10-12)21(19,20)17(3)4/h6-8,10-11,15H,5,9H2,1-4H3,(H,16,18). The van der Waals surface area contributed by atoms with Crippen molar-refractivity contribution in [2.24, 2.45) is 0 Å². The van der Waals surface area contributed by atoms with Crippen molar-refractivity contribution in [2.45, 2.75) is 31.2 Å². The van der Waals surface area contributed by atoms with E-state index in [1.54, 1.807) is 12.1 Å². The van der Waals surface area contributed by atoms with E-state index in [4.69, 9.17) is 0 Å². The van der Waals surface area contributed by atoms with Crippen molar-refractivity contribution < 1.29 is 13.2 Å². The van der Waals surface area contributed by atoms with Crippen molar-refractivity contribution in [1.29, 1.82) is 0 Å². The lowest BCUT2D eigenvalue weighted by Gasteiger charge is -2.14. The first-order valence-corrected chi connectivity index (χ1v) is 8.27. The van der Waals surface area contributed by atoms with Gasteiger partial charge in [-0.2, -0.15) is 0 Å². The number of carbonyl (C=O) groups excluding carboxylic acids is 1. The molecule has 1 amide bonds. The lowest BCUT2D eigenvalue weighted by molar-refractivity contribution is -0.116. The third kappa shape index (κ3) is 5.11. The summed E-state index contributed by atoms with van der Waals surface area (Å²) in [5.41, 5.74) is 0.478. The molecule has 1 aromatic carbocycles. The van der Waals surface area contributed by atoms with Gasteiger partial charge in [-0.25, -0.2) is 12.7 Å². The molecular formula is C14H23N3O3S. The summed E-state index contributed by atoms with van der Waals surface area (Å²) in [7, 11) is -0.555. The van der Waals surface area contributed by atoms with E-state index in [2.05, 4.69) is 10.6 Å². The quantitative estimate of drug-likeness (QED) is 0.794. The Kier molecular flexibility index (Phi) is 6.32. The zero-order chi connectivity index (χ0) is 16.0. The predicted molar refractivity (Wildman–Crippen MR) is 83.7 cm³/mol. The van der Waals surface area contributed by atoms with Crippen LogP contribution >= 0.6 is 0 Å². The predicted octanol–water partition coefficient (Wildman–Crippen LogP) is 1.26. The summed E-state index contributed by atoms with van der Waals surface area (Å²) >= 11 is 0. The van der Waals surface area contributed by atoms with E-state index in [1.807, 2.05) is 13.8 Å². The van der Waals surface area contributed by atoms with Gasteiger partial charge in [-0.15, -0.1) is 0 Å². The van der Waals surface area contributed by atoms with E-state index in [1.165, 1.54) is 26.2 Å². The minimum atomic E-state index is -3.50. The molecule has 0 saturated heterocycles. The largest absolute Gasteiger partial charge is 0.326 e. The minimum Gasteiger partial charge on any atom is -0.326 e. The van der Waals surface area contributed by atoms with Gasteiger partial charge in [-0.05, 0) is 31.7 Å². The van der Waals surface area contributed by atoms with E-state index >= 15 is 0 Å². The fourth-order valence-corrected chi connectivity index (χ4v) is 2.80. The first-order valence-electron chi connectivity index (χ1n) is 6.83. The molecular weight excluding hydrogens is 290 g/mol. The van der Waals surface area contributed by atoms with Gasteiger partial charge >= 0.3 is 0 Å². The lowest BCUT2D eigenvalue weighted by Crippen LogP contribution is -2.30. The minimum absolute atomic E-state index is 0.0729. The fraction of sp³-hybridized carbons (Fsp3) is 0.500. The number of nitrogens with one attached hydrogen (secondary N) is 2. The van der Waals surface area contributed by atoms with E-state index in [-0.39, 0.29) is 16.8 Å². The number of hydrogen-bond acceptors (Lipinski definition) is 4. The first kappa shape index (κ1) is 17.6. The third-order valence-electron chi connectivity index (χ3n) is 2.94. The lowest BCUT2D eigenvalue weighted by atomic mass is 10.2. The maximum absolute atomic E-state index is 12.0. The molecule has 1 unspecified atom stereocenters. The third-order valence-corrected chi connectivity index (χ3v) is 4.75. The second-order valence-corrected chi connectivity index (χ2v) is 7.18. The summed E-state index contributed by atoms with van der Waals surface area (Å²) in [5.74, 6) is -0.150. The number of nitrogens with zero attached hydrogens (tertiary/aromatic N) is 1. The summed E-state index contributed by atoms with van der Waals surface area (Å²) in [6.45, 7) is 4.70. The van der Waals surface area contributed by atoms with Crippen molar-refractivity contribution in [2.75, 3.05) is 26.0 Å². The van der Waals surface area contributed by atoms with Crippen LogP contribution in [0.5, 0.6) is 0 Å². The zero-order valence-corrected chi connectivity index (χ0v) is 13.7. The van der Waals surface area contributed by atoms with Crippen LogP contribution in [0.4, 0.5) is 5.69 Å². The molecule has 0 radical (unpaired) electrons. The summed E-state index contributed by atoms with van der Waals surface area (Å²) < 4.78 is 25.2. The van der Waals surface area contributed by atoms with Crippen molar-refractivity contribution in [3.05, 3.63) is 24.3 Å². The number of rotatable bonds is 7. The molecule has 2 N–H and O–H groups in total. The van der Waals surface area contributed by atoms with Crippen LogP contribution < -0.4 is 10.6 Å². The van der Waals surface area contributed by atoms with E-state index < -0.39 is 10.0 Å². The molecule has 1 rings (SSSR count). The van der Waals surface area contributed by atoms with Crippen LogP contribution in [0.2, 0.25) is 0 Å². The topological polar surface area (TPSA) is 78.5 Å². The van der Waals surface area contributed by atoms with Crippen molar-refractivity contribution in [1.82, 2.24) is 9.62 Å². The van der Waals surface area contributed by atoms with Crippen molar-refractivity contribution in [3.63, 3.8) is 0 Å². The highest BCUT2D eigenvalue weighted by Gasteiger charge is 2.17. The molecule has 0 spiro atoms. The SMILES string of the molecule is CCNC(C)CC(=O)Nc1cccc(S(=O)(=O)N(C)C)c1. The maximum Gasteiger partial charge on any atom is 0.242 e. The highest BCUT2D eigenvalue weighted by atomic mass is 32.2. The summed E-state index contributed by atoms with van der Waals surface area (Å²) in [4.78, 5) is 12.0. The molecule has 6 nitrogen and oxygen atoms in total. The summed E-state index contributed by atoms with van der Waals surface area (Å²) in [6, 6.07) is 6.32. The molecule has 0 aromatic heterocycles. The summed E-state index contributed by atoms with van der Waals surface area (Å²) in [5, 5.41) is 5.87. The molecule has 0 saturated carbocycles. The Labute approximate surface area is 126 Å². The summed E-state index contributed by atoms with van der Waals surface area (Å²) in [6.07, 6.45) is 0.332. The number of anilines is 1. The van der Waals surface area contributed by atoms with Crippen LogP contribution in [-0.4, -0.2) is 45.3 Å². The van der Waals surface area contributed by atoms with Gasteiger partial charge in [0.05, 0.1) is 4.90 Å². The van der Waals surface area contributed by atoms with Crippen LogP contribution in [0.3, 0.4) is 0 Å². The molecule has 118 valence electrons. The molecule has 1 aromatic rings. The zero-order valence-electron chi connectivity index (χ0n) is 12.9. The second kappa shape index (κ2) is 7.53. The fourth-order valence-electron chi connectivity index (χ4n) is 1.86. The molecule has 0 aliphatic rings.